The van der Waals surface area contributed by atoms with Crippen molar-refractivity contribution in [3.05, 3.63) is 47.5 Å². The number of hydrogen-bond donors (Lipinski definition) is 0. The van der Waals surface area contributed by atoms with Crippen LogP contribution in [0.15, 0.2) is 36.4 Å². The van der Waals surface area contributed by atoms with E-state index in [4.69, 9.17) is 0 Å². The summed E-state index contributed by atoms with van der Waals surface area (Å²) >= 11 is 0. The van der Waals surface area contributed by atoms with Gasteiger partial charge in [0.25, 0.3) is 0 Å². The van der Waals surface area contributed by atoms with Crippen LogP contribution in [0.3, 0.4) is 0 Å². The molecular weight excluding hydrogens is 160 g/mol. The molecule has 0 saturated heterocycles. The SMILES string of the molecule is C/C=C/c1cccc(/C=C/C=O)c1. The Morgan fingerprint density at radius 3 is 2.46 bits per heavy atom. The van der Waals surface area contributed by atoms with Gasteiger partial charge in [-0.3, -0.25) is 4.79 Å². The van der Waals surface area contributed by atoms with Gasteiger partial charge in [0.15, 0.2) is 0 Å². The molecule has 1 rings (SSSR count). The molecular formula is C12H12O. The Morgan fingerprint density at radius 2 is 1.85 bits per heavy atom. The molecule has 66 valence electrons. The Hall–Kier alpha value is -1.63. The van der Waals surface area contributed by atoms with Crippen LogP contribution in [0.5, 0.6) is 0 Å². The van der Waals surface area contributed by atoms with E-state index in [-0.39, 0.29) is 0 Å². The lowest BCUT2D eigenvalue weighted by Gasteiger charge is -1.95. The van der Waals surface area contributed by atoms with Crippen molar-refractivity contribution < 1.29 is 4.79 Å². The molecule has 0 radical (unpaired) electrons. The van der Waals surface area contributed by atoms with E-state index in [1.165, 1.54) is 6.08 Å². The lowest BCUT2D eigenvalue weighted by atomic mass is 10.1. The number of allylic oxidation sites excluding steroid dienone is 2. The predicted octanol–water partition coefficient (Wildman–Crippen LogP) is 2.93. The largest absolute Gasteiger partial charge is 0.299 e. The maximum atomic E-state index is 10.1. The average Bonchev–Trinajstić information content (AvgIpc) is 2.16. The molecule has 1 aromatic carbocycles. The van der Waals surface area contributed by atoms with Crippen LogP contribution in [-0.2, 0) is 4.79 Å². The van der Waals surface area contributed by atoms with E-state index in [2.05, 4.69) is 0 Å². The molecule has 0 bridgehead atoms. The molecule has 1 aromatic rings. The van der Waals surface area contributed by atoms with E-state index in [9.17, 15) is 4.79 Å². The molecule has 0 amide bonds. The molecule has 13 heavy (non-hydrogen) atoms. The molecule has 0 unspecified atom stereocenters. The maximum Gasteiger partial charge on any atom is 0.142 e. The van der Waals surface area contributed by atoms with Crippen molar-refractivity contribution in [1.82, 2.24) is 0 Å². The van der Waals surface area contributed by atoms with Gasteiger partial charge in [-0.1, -0.05) is 36.4 Å². The van der Waals surface area contributed by atoms with E-state index in [1.54, 1.807) is 6.08 Å². The topological polar surface area (TPSA) is 17.1 Å². The summed E-state index contributed by atoms with van der Waals surface area (Å²) in [5.74, 6) is 0. The Labute approximate surface area is 78.4 Å². The highest BCUT2D eigenvalue weighted by Crippen LogP contribution is 2.08. The second kappa shape index (κ2) is 5.09. The fourth-order valence-corrected chi connectivity index (χ4v) is 1.11. The van der Waals surface area contributed by atoms with Crippen LogP contribution in [-0.4, -0.2) is 6.29 Å². The molecule has 0 aliphatic rings. The van der Waals surface area contributed by atoms with Crippen molar-refractivity contribution in [2.45, 2.75) is 6.92 Å². The quantitative estimate of drug-likeness (QED) is 0.506. The predicted molar refractivity (Wildman–Crippen MR) is 56.2 cm³/mol. The Kier molecular flexibility index (Phi) is 3.71. The summed E-state index contributed by atoms with van der Waals surface area (Å²) in [5, 5.41) is 0. The summed E-state index contributed by atoms with van der Waals surface area (Å²) in [6.45, 7) is 1.98. The van der Waals surface area contributed by atoms with Crippen molar-refractivity contribution in [3.63, 3.8) is 0 Å². The first kappa shape index (κ1) is 9.46. The molecule has 0 spiro atoms. The third kappa shape index (κ3) is 3.08. The van der Waals surface area contributed by atoms with Crippen molar-refractivity contribution in [3.8, 4) is 0 Å². The van der Waals surface area contributed by atoms with Crippen LogP contribution in [0.1, 0.15) is 18.1 Å². The minimum Gasteiger partial charge on any atom is -0.299 e. The third-order valence-electron chi connectivity index (χ3n) is 1.64. The fourth-order valence-electron chi connectivity index (χ4n) is 1.11. The second-order valence-electron chi connectivity index (χ2n) is 2.67. The summed E-state index contributed by atoms with van der Waals surface area (Å²) < 4.78 is 0. The zero-order chi connectivity index (χ0) is 9.52. The van der Waals surface area contributed by atoms with Gasteiger partial charge in [-0.05, 0) is 30.2 Å². The van der Waals surface area contributed by atoms with Crippen molar-refractivity contribution in [2.24, 2.45) is 0 Å². The zero-order valence-corrected chi connectivity index (χ0v) is 7.60. The summed E-state index contributed by atoms with van der Waals surface area (Å²) in [5.41, 5.74) is 2.19. The number of hydrogen-bond acceptors (Lipinski definition) is 1. The zero-order valence-electron chi connectivity index (χ0n) is 7.60. The summed E-state index contributed by atoms with van der Waals surface area (Å²) in [7, 11) is 0. The van der Waals surface area contributed by atoms with Crippen molar-refractivity contribution >= 4 is 18.4 Å². The molecule has 0 N–H and O–H groups in total. The Morgan fingerprint density at radius 1 is 1.15 bits per heavy atom. The van der Waals surface area contributed by atoms with Crippen LogP contribution in [0, 0.1) is 0 Å². The van der Waals surface area contributed by atoms with Gasteiger partial charge in [0, 0.05) is 0 Å². The van der Waals surface area contributed by atoms with Gasteiger partial charge in [0.2, 0.25) is 0 Å². The van der Waals surface area contributed by atoms with Crippen LogP contribution in [0.25, 0.3) is 12.2 Å². The monoisotopic (exact) mass is 172 g/mol. The van der Waals surface area contributed by atoms with Gasteiger partial charge in [-0.25, -0.2) is 0 Å². The molecule has 0 saturated carbocycles. The van der Waals surface area contributed by atoms with Crippen LogP contribution in [0.4, 0.5) is 0 Å². The standard InChI is InChI=1S/C12H12O/c1-2-5-11-6-3-7-12(10-11)8-4-9-13/h2-10H,1H3/b5-2+,8-4+. The van der Waals surface area contributed by atoms with E-state index >= 15 is 0 Å². The highest BCUT2D eigenvalue weighted by molar-refractivity contribution is 5.74. The van der Waals surface area contributed by atoms with Crippen LogP contribution >= 0.6 is 0 Å². The van der Waals surface area contributed by atoms with Crippen molar-refractivity contribution in [2.75, 3.05) is 0 Å². The third-order valence-corrected chi connectivity index (χ3v) is 1.64. The van der Waals surface area contributed by atoms with Gasteiger partial charge in [-0.2, -0.15) is 0 Å². The molecule has 0 aliphatic heterocycles. The lowest BCUT2D eigenvalue weighted by molar-refractivity contribution is -0.104. The van der Waals surface area contributed by atoms with E-state index in [1.807, 2.05) is 43.3 Å². The van der Waals surface area contributed by atoms with Gasteiger partial charge >= 0.3 is 0 Å². The van der Waals surface area contributed by atoms with Crippen molar-refractivity contribution in [1.29, 1.82) is 0 Å². The first-order chi connectivity index (χ1) is 6.36. The highest BCUT2D eigenvalue weighted by atomic mass is 16.1. The second-order valence-corrected chi connectivity index (χ2v) is 2.67. The first-order valence-corrected chi connectivity index (χ1v) is 4.21. The Balaban J connectivity index is 2.91. The van der Waals surface area contributed by atoms with E-state index < -0.39 is 0 Å². The smallest absolute Gasteiger partial charge is 0.142 e. The minimum absolute atomic E-state index is 0.780. The number of aldehydes is 1. The maximum absolute atomic E-state index is 10.1. The number of carbonyl (C=O) groups is 1. The molecule has 0 fully saturated rings. The fraction of sp³-hybridized carbons (Fsp3) is 0.0833. The molecule has 0 heterocycles. The average molecular weight is 172 g/mol. The minimum atomic E-state index is 0.780. The Bertz CT molecular complexity index is 335. The van der Waals surface area contributed by atoms with Crippen LogP contribution in [0.2, 0.25) is 0 Å². The molecule has 0 atom stereocenters. The van der Waals surface area contributed by atoms with Gasteiger partial charge in [0.1, 0.15) is 6.29 Å². The summed E-state index contributed by atoms with van der Waals surface area (Å²) in [6, 6.07) is 7.99. The van der Waals surface area contributed by atoms with Gasteiger partial charge in [-0.15, -0.1) is 0 Å². The molecule has 0 aliphatic carbocycles. The molecule has 1 nitrogen and oxygen atoms in total. The van der Waals surface area contributed by atoms with Crippen LogP contribution < -0.4 is 0 Å². The number of carbonyl (C=O) groups excluding carboxylic acids is 1. The molecule has 1 heteroatoms. The van der Waals surface area contributed by atoms with Gasteiger partial charge < -0.3 is 0 Å². The number of rotatable bonds is 3. The summed E-state index contributed by atoms with van der Waals surface area (Å²) in [6.07, 6.45) is 8.08. The number of benzene rings is 1. The first-order valence-electron chi connectivity index (χ1n) is 4.21. The molecule has 0 aromatic heterocycles. The highest BCUT2D eigenvalue weighted by Gasteiger charge is 1.87. The normalized spacial score (nSPS) is 11.2. The summed E-state index contributed by atoms with van der Waals surface area (Å²) in [4.78, 5) is 10.1. The lowest BCUT2D eigenvalue weighted by Crippen LogP contribution is -1.75. The van der Waals surface area contributed by atoms with E-state index in [0.29, 0.717) is 0 Å². The van der Waals surface area contributed by atoms with Gasteiger partial charge in [0.05, 0.1) is 0 Å². The van der Waals surface area contributed by atoms with E-state index in [0.717, 1.165) is 17.4 Å².